The molecule has 120 valence electrons. The maximum absolute atomic E-state index is 11.6. The lowest BCUT2D eigenvalue weighted by molar-refractivity contribution is 0.0492. The van der Waals surface area contributed by atoms with Gasteiger partial charge in [0.1, 0.15) is 17.9 Å². The van der Waals surface area contributed by atoms with Crippen molar-refractivity contribution in [2.45, 2.75) is 59.2 Å². The lowest BCUT2D eigenvalue weighted by Crippen LogP contribution is -2.40. The summed E-state index contributed by atoms with van der Waals surface area (Å²) < 4.78 is 12.6. The van der Waals surface area contributed by atoms with E-state index in [0.717, 1.165) is 0 Å². The van der Waals surface area contributed by atoms with Crippen molar-refractivity contribution < 1.29 is 14.3 Å². The zero-order valence-electron chi connectivity index (χ0n) is 13.6. The molecule has 1 aromatic heterocycles. The fraction of sp³-hybridized carbons (Fsp3) is 0.714. The maximum Gasteiger partial charge on any atom is 0.407 e. The number of nitrogens with one attached hydrogen (secondary N) is 1. The molecular formula is C14H26N4O3. The minimum Gasteiger partial charge on any atom is -0.474 e. The third kappa shape index (κ3) is 5.53. The molecule has 1 amide bonds. The molecule has 0 fully saturated rings. The van der Waals surface area contributed by atoms with Gasteiger partial charge in [-0.25, -0.2) is 9.48 Å². The van der Waals surface area contributed by atoms with Crippen molar-refractivity contribution in [3.63, 3.8) is 0 Å². The van der Waals surface area contributed by atoms with Crippen LogP contribution in [0.25, 0.3) is 0 Å². The van der Waals surface area contributed by atoms with Crippen LogP contribution in [-0.2, 0) is 4.74 Å². The summed E-state index contributed by atoms with van der Waals surface area (Å²) in [7, 11) is 0. The van der Waals surface area contributed by atoms with Gasteiger partial charge in [-0.2, -0.15) is 5.10 Å². The van der Waals surface area contributed by atoms with E-state index in [1.165, 1.54) is 0 Å². The van der Waals surface area contributed by atoms with Crippen molar-refractivity contribution in [2.75, 3.05) is 12.3 Å². The summed E-state index contributed by atoms with van der Waals surface area (Å²) in [5.41, 5.74) is 5.79. The molecule has 1 atom stereocenters. The van der Waals surface area contributed by atoms with Crippen molar-refractivity contribution in [3.8, 4) is 5.88 Å². The van der Waals surface area contributed by atoms with Gasteiger partial charge in [0.15, 0.2) is 0 Å². The van der Waals surface area contributed by atoms with Gasteiger partial charge in [0, 0.05) is 0 Å². The molecule has 1 rings (SSSR count). The number of ether oxygens (including phenoxy) is 2. The number of carbonyl (C=O) groups is 1. The number of nitrogen functional groups attached to an aromatic ring is 1. The minimum atomic E-state index is -0.522. The summed E-state index contributed by atoms with van der Waals surface area (Å²) in [6.45, 7) is 11.5. The third-order valence-corrected chi connectivity index (χ3v) is 2.50. The number of hydrogen-bond acceptors (Lipinski definition) is 5. The highest BCUT2D eigenvalue weighted by molar-refractivity contribution is 5.68. The maximum atomic E-state index is 11.6. The molecule has 0 aliphatic rings. The Morgan fingerprint density at radius 2 is 2.05 bits per heavy atom. The molecule has 0 saturated heterocycles. The number of amides is 1. The van der Waals surface area contributed by atoms with Crippen molar-refractivity contribution >= 4 is 11.8 Å². The molecule has 0 aliphatic carbocycles. The highest BCUT2D eigenvalue weighted by Gasteiger charge is 2.19. The number of anilines is 1. The number of hydrogen-bond donors (Lipinski definition) is 2. The molecular weight excluding hydrogens is 272 g/mol. The fourth-order valence-corrected chi connectivity index (χ4v) is 1.64. The zero-order valence-corrected chi connectivity index (χ0v) is 13.6. The van der Waals surface area contributed by atoms with Gasteiger partial charge in [-0.15, -0.1) is 0 Å². The molecule has 0 bridgehead atoms. The highest BCUT2D eigenvalue weighted by atomic mass is 16.6. The zero-order chi connectivity index (χ0) is 16.2. The second-order valence-electron chi connectivity index (χ2n) is 6.30. The number of carbonyl (C=O) groups excluding carboxylic acids is 1. The van der Waals surface area contributed by atoms with Crippen molar-refractivity contribution in [1.82, 2.24) is 15.1 Å². The predicted octanol–water partition coefficient (Wildman–Crippen LogP) is 2.34. The first-order valence-electron chi connectivity index (χ1n) is 7.05. The Balaban J connectivity index is 2.52. The van der Waals surface area contributed by atoms with Crippen LogP contribution in [0.4, 0.5) is 10.5 Å². The van der Waals surface area contributed by atoms with Crippen LogP contribution >= 0.6 is 0 Å². The molecule has 1 heterocycles. The Hall–Kier alpha value is -1.92. The predicted molar refractivity (Wildman–Crippen MR) is 81.4 cm³/mol. The topological polar surface area (TPSA) is 91.4 Å². The molecule has 0 saturated carbocycles. The Labute approximate surface area is 125 Å². The van der Waals surface area contributed by atoms with Crippen LogP contribution in [0.2, 0.25) is 0 Å². The van der Waals surface area contributed by atoms with E-state index in [9.17, 15) is 4.79 Å². The van der Waals surface area contributed by atoms with E-state index in [1.54, 1.807) is 10.9 Å². The summed E-state index contributed by atoms with van der Waals surface area (Å²) in [5, 5.41) is 6.87. The van der Waals surface area contributed by atoms with Gasteiger partial charge in [-0.1, -0.05) is 0 Å². The van der Waals surface area contributed by atoms with E-state index >= 15 is 0 Å². The van der Waals surface area contributed by atoms with Gasteiger partial charge < -0.3 is 20.5 Å². The van der Waals surface area contributed by atoms with Crippen LogP contribution in [0.3, 0.4) is 0 Å². The first-order chi connectivity index (χ1) is 9.60. The standard InChI is InChI=1S/C14H26N4O3/c1-9(2)18-12(11(15)7-16-18)20-8-10(3)17-13(19)21-14(4,5)6/h7,9-10H,8,15H2,1-6H3,(H,17,19)/t10-/m0/s1. The van der Waals surface area contributed by atoms with Crippen molar-refractivity contribution in [2.24, 2.45) is 0 Å². The van der Waals surface area contributed by atoms with E-state index in [4.69, 9.17) is 15.2 Å². The SMILES string of the molecule is CC(C)n1ncc(N)c1OC[C@H](C)NC(=O)OC(C)(C)C. The largest absolute Gasteiger partial charge is 0.474 e. The summed E-state index contributed by atoms with van der Waals surface area (Å²) in [4.78, 5) is 11.6. The Kier molecular flexibility index (Phi) is 5.46. The molecule has 0 spiro atoms. The van der Waals surface area contributed by atoms with Crippen LogP contribution < -0.4 is 15.8 Å². The van der Waals surface area contributed by atoms with E-state index in [1.807, 2.05) is 41.5 Å². The first-order valence-corrected chi connectivity index (χ1v) is 7.05. The van der Waals surface area contributed by atoms with Gasteiger partial charge in [0.05, 0.1) is 18.3 Å². The molecule has 0 aromatic carbocycles. The van der Waals surface area contributed by atoms with E-state index < -0.39 is 11.7 Å². The molecule has 7 nitrogen and oxygen atoms in total. The second-order valence-corrected chi connectivity index (χ2v) is 6.30. The number of nitrogens with two attached hydrogens (primary N) is 1. The number of nitrogens with zero attached hydrogens (tertiary/aromatic N) is 2. The van der Waals surface area contributed by atoms with Crippen molar-refractivity contribution in [3.05, 3.63) is 6.20 Å². The van der Waals surface area contributed by atoms with E-state index in [0.29, 0.717) is 11.6 Å². The average molecular weight is 298 g/mol. The Morgan fingerprint density at radius 1 is 1.43 bits per heavy atom. The van der Waals surface area contributed by atoms with Gasteiger partial charge in [0.2, 0.25) is 5.88 Å². The first kappa shape index (κ1) is 17.1. The lowest BCUT2D eigenvalue weighted by atomic mass is 10.2. The van der Waals surface area contributed by atoms with Gasteiger partial charge >= 0.3 is 6.09 Å². The molecule has 0 unspecified atom stereocenters. The van der Waals surface area contributed by atoms with Gasteiger partial charge in [0.25, 0.3) is 0 Å². The van der Waals surface area contributed by atoms with E-state index in [-0.39, 0.29) is 18.7 Å². The molecule has 3 N–H and O–H groups in total. The molecule has 1 aromatic rings. The number of aromatic nitrogens is 2. The smallest absolute Gasteiger partial charge is 0.407 e. The lowest BCUT2D eigenvalue weighted by Gasteiger charge is -2.22. The number of alkyl carbamates (subject to hydrolysis) is 1. The normalized spacial score (nSPS) is 13.1. The molecule has 7 heteroatoms. The van der Waals surface area contributed by atoms with Crippen molar-refractivity contribution in [1.29, 1.82) is 0 Å². The van der Waals surface area contributed by atoms with Gasteiger partial charge in [-0.3, -0.25) is 0 Å². The molecule has 21 heavy (non-hydrogen) atoms. The summed E-state index contributed by atoms with van der Waals surface area (Å²) in [6, 6.07) is -0.0683. The average Bonchev–Trinajstić information content (AvgIpc) is 2.65. The molecule has 0 radical (unpaired) electrons. The van der Waals surface area contributed by atoms with Crippen LogP contribution in [0, 0.1) is 0 Å². The fourth-order valence-electron chi connectivity index (χ4n) is 1.64. The van der Waals surface area contributed by atoms with Crippen LogP contribution in [0.5, 0.6) is 5.88 Å². The Bertz CT molecular complexity index is 477. The quantitative estimate of drug-likeness (QED) is 0.870. The van der Waals surface area contributed by atoms with Gasteiger partial charge in [-0.05, 0) is 41.5 Å². The van der Waals surface area contributed by atoms with Crippen LogP contribution in [0.1, 0.15) is 47.6 Å². The van der Waals surface area contributed by atoms with Crippen LogP contribution in [-0.4, -0.2) is 34.1 Å². The minimum absolute atomic E-state index is 0.145. The second kappa shape index (κ2) is 6.69. The monoisotopic (exact) mass is 298 g/mol. The summed E-state index contributed by atoms with van der Waals surface area (Å²) in [6.07, 6.45) is 1.09. The summed E-state index contributed by atoms with van der Waals surface area (Å²) in [5.74, 6) is 0.517. The van der Waals surface area contributed by atoms with E-state index in [2.05, 4.69) is 10.4 Å². The number of rotatable bonds is 5. The third-order valence-electron chi connectivity index (χ3n) is 2.50. The summed E-state index contributed by atoms with van der Waals surface area (Å²) >= 11 is 0. The van der Waals surface area contributed by atoms with Crippen LogP contribution in [0.15, 0.2) is 6.20 Å². The highest BCUT2D eigenvalue weighted by Crippen LogP contribution is 2.24. The molecule has 0 aliphatic heterocycles. The Morgan fingerprint density at radius 3 is 2.57 bits per heavy atom.